The molecular formula is C20H19NO3S. The number of aryl methyl sites for hydroxylation is 1. The van der Waals surface area contributed by atoms with Crippen LogP contribution in [0.1, 0.15) is 11.1 Å². The minimum atomic E-state index is -3.60. The van der Waals surface area contributed by atoms with Gasteiger partial charge in [-0.25, -0.2) is 8.42 Å². The second-order valence-corrected chi connectivity index (χ2v) is 7.40. The number of para-hydroxylation sites is 1. The molecule has 128 valence electrons. The Balaban J connectivity index is 1.72. The van der Waals surface area contributed by atoms with E-state index in [-0.39, 0.29) is 4.90 Å². The van der Waals surface area contributed by atoms with Gasteiger partial charge < -0.3 is 4.74 Å². The monoisotopic (exact) mass is 353 g/mol. The summed E-state index contributed by atoms with van der Waals surface area (Å²) >= 11 is 0. The Morgan fingerprint density at radius 2 is 1.60 bits per heavy atom. The first kappa shape index (κ1) is 17.0. The Kier molecular flexibility index (Phi) is 5.05. The maximum absolute atomic E-state index is 12.5. The van der Waals surface area contributed by atoms with Crippen LogP contribution in [0.4, 0.5) is 5.69 Å². The summed E-state index contributed by atoms with van der Waals surface area (Å²) in [4.78, 5) is 0.240. The fraction of sp³-hybridized carbons (Fsp3) is 0.100. The molecular weight excluding hydrogens is 334 g/mol. The van der Waals surface area contributed by atoms with E-state index in [1.54, 1.807) is 42.5 Å². The highest BCUT2D eigenvalue weighted by atomic mass is 32.2. The maximum Gasteiger partial charge on any atom is 0.261 e. The molecule has 0 saturated heterocycles. The van der Waals surface area contributed by atoms with Crippen LogP contribution in [-0.4, -0.2) is 8.42 Å². The van der Waals surface area contributed by atoms with Gasteiger partial charge in [-0.1, -0.05) is 48.0 Å². The summed E-state index contributed by atoms with van der Waals surface area (Å²) in [6.07, 6.45) is 0. The molecule has 0 radical (unpaired) electrons. The quantitative estimate of drug-likeness (QED) is 0.716. The van der Waals surface area contributed by atoms with Gasteiger partial charge in [0.1, 0.15) is 12.4 Å². The van der Waals surface area contributed by atoms with Gasteiger partial charge in [0.05, 0.1) is 4.90 Å². The Morgan fingerprint density at radius 1 is 0.880 bits per heavy atom. The molecule has 3 rings (SSSR count). The fourth-order valence-corrected chi connectivity index (χ4v) is 3.39. The van der Waals surface area contributed by atoms with E-state index in [9.17, 15) is 8.42 Å². The summed E-state index contributed by atoms with van der Waals surface area (Å²) in [5.74, 6) is 0.771. The van der Waals surface area contributed by atoms with Crippen molar-refractivity contribution in [2.45, 2.75) is 18.4 Å². The summed E-state index contributed by atoms with van der Waals surface area (Å²) in [5, 5.41) is 0. The summed E-state index contributed by atoms with van der Waals surface area (Å²) in [6.45, 7) is 2.28. The first-order valence-corrected chi connectivity index (χ1v) is 9.37. The van der Waals surface area contributed by atoms with Crippen LogP contribution in [0.5, 0.6) is 5.75 Å². The van der Waals surface area contributed by atoms with Crippen molar-refractivity contribution in [2.75, 3.05) is 4.72 Å². The Morgan fingerprint density at radius 3 is 2.32 bits per heavy atom. The average Bonchev–Trinajstić information content (AvgIpc) is 2.61. The predicted molar refractivity (Wildman–Crippen MR) is 99.2 cm³/mol. The zero-order chi connectivity index (χ0) is 17.7. The van der Waals surface area contributed by atoms with Gasteiger partial charge in [-0.05, 0) is 48.9 Å². The standard InChI is InChI=1S/C20H19NO3S/c1-16-10-12-20(13-11-16)25(22,23)21-18-7-5-6-17(14-18)15-24-19-8-3-2-4-9-19/h2-14,21H,15H2,1H3. The number of nitrogens with one attached hydrogen (secondary N) is 1. The van der Waals surface area contributed by atoms with Gasteiger partial charge in [-0.15, -0.1) is 0 Å². The molecule has 0 aliphatic heterocycles. The zero-order valence-corrected chi connectivity index (χ0v) is 14.7. The molecule has 25 heavy (non-hydrogen) atoms. The molecule has 0 spiro atoms. The molecule has 3 aromatic carbocycles. The van der Waals surface area contributed by atoms with Crippen molar-refractivity contribution in [2.24, 2.45) is 0 Å². The van der Waals surface area contributed by atoms with Gasteiger partial charge >= 0.3 is 0 Å². The Hall–Kier alpha value is -2.79. The topological polar surface area (TPSA) is 55.4 Å². The summed E-state index contributed by atoms with van der Waals surface area (Å²) in [5.41, 5.74) is 2.40. The van der Waals surface area contributed by atoms with Gasteiger partial charge in [0.25, 0.3) is 10.0 Å². The number of hydrogen-bond donors (Lipinski definition) is 1. The van der Waals surface area contributed by atoms with E-state index in [0.717, 1.165) is 16.9 Å². The van der Waals surface area contributed by atoms with Crippen LogP contribution in [0.25, 0.3) is 0 Å². The normalized spacial score (nSPS) is 11.1. The molecule has 0 amide bonds. The number of hydrogen-bond acceptors (Lipinski definition) is 3. The lowest BCUT2D eigenvalue weighted by Crippen LogP contribution is -2.13. The van der Waals surface area contributed by atoms with Crippen LogP contribution in [-0.2, 0) is 16.6 Å². The third kappa shape index (κ3) is 4.61. The van der Waals surface area contributed by atoms with Crippen LogP contribution >= 0.6 is 0 Å². The molecule has 0 unspecified atom stereocenters. The molecule has 0 aliphatic rings. The maximum atomic E-state index is 12.5. The van der Waals surface area contributed by atoms with Gasteiger partial charge in [-0.3, -0.25) is 4.72 Å². The molecule has 1 N–H and O–H groups in total. The SMILES string of the molecule is Cc1ccc(S(=O)(=O)Nc2cccc(COc3ccccc3)c2)cc1. The number of benzene rings is 3. The third-order valence-electron chi connectivity index (χ3n) is 3.66. The van der Waals surface area contributed by atoms with Crippen LogP contribution in [0.15, 0.2) is 83.8 Å². The van der Waals surface area contributed by atoms with Crippen molar-refractivity contribution in [3.8, 4) is 5.75 Å². The Bertz CT molecular complexity index is 936. The van der Waals surface area contributed by atoms with E-state index < -0.39 is 10.0 Å². The van der Waals surface area contributed by atoms with Crippen LogP contribution in [0.2, 0.25) is 0 Å². The molecule has 0 heterocycles. The van der Waals surface area contributed by atoms with Crippen LogP contribution < -0.4 is 9.46 Å². The van der Waals surface area contributed by atoms with Gasteiger partial charge in [-0.2, -0.15) is 0 Å². The molecule has 0 saturated carbocycles. The van der Waals surface area contributed by atoms with E-state index in [0.29, 0.717) is 12.3 Å². The highest BCUT2D eigenvalue weighted by molar-refractivity contribution is 7.92. The lowest BCUT2D eigenvalue weighted by molar-refractivity contribution is 0.306. The largest absolute Gasteiger partial charge is 0.489 e. The van der Waals surface area contributed by atoms with Crippen molar-refractivity contribution >= 4 is 15.7 Å². The van der Waals surface area contributed by atoms with Crippen molar-refractivity contribution in [3.05, 3.63) is 90.0 Å². The molecule has 0 aliphatic carbocycles. The van der Waals surface area contributed by atoms with E-state index in [4.69, 9.17) is 4.74 Å². The number of sulfonamides is 1. The minimum Gasteiger partial charge on any atom is -0.489 e. The first-order valence-electron chi connectivity index (χ1n) is 7.89. The second kappa shape index (κ2) is 7.40. The lowest BCUT2D eigenvalue weighted by Gasteiger charge is -2.11. The highest BCUT2D eigenvalue weighted by Crippen LogP contribution is 2.19. The average molecular weight is 353 g/mol. The van der Waals surface area contributed by atoms with Gasteiger partial charge in [0, 0.05) is 5.69 Å². The summed E-state index contributed by atoms with van der Waals surface area (Å²) in [6, 6.07) is 23.4. The molecule has 5 heteroatoms. The number of ether oxygens (including phenoxy) is 1. The van der Waals surface area contributed by atoms with Crippen molar-refractivity contribution in [1.82, 2.24) is 0 Å². The molecule has 0 bridgehead atoms. The molecule has 0 fully saturated rings. The van der Waals surface area contributed by atoms with E-state index in [2.05, 4.69) is 4.72 Å². The minimum absolute atomic E-state index is 0.240. The van der Waals surface area contributed by atoms with Crippen LogP contribution in [0, 0.1) is 6.92 Å². The molecule has 0 atom stereocenters. The fourth-order valence-electron chi connectivity index (χ4n) is 2.34. The summed E-state index contributed by atoms with van der Waals surface area (Å²) in [7, 11) is -3.60. The van der Waals surface area contributed by atoms with Crippen LogP contribution in [0.3, 0.4) is 0 Å². The first-order chi connectivity index (χ1) is 12.0. The van der Waals surface area contributed by atoms with Crippen molar-refractivity contribution in [3.63, 3.8) is 0 Å². The highest BCUT2D eigenvalue weighted by Gasteiger charge is 2.13. The second-order valence-electron chi connectivity index (χ2n) is 5.72. The molecule has 4 nitrogen and oxygen atoms in total. The van der Waals surface area contributed by atoms with E-state index >= 15 is 0 Å². The predicted octanol–water partition coefficient (Wildman–Crippen LogP) is 4.37. The lowest BCUT2D eigenvalue weighted by atomic mass is 10.2. The Labute approximate surface area is 148 Å². The van der Waals surface area contributed by atoms with Crippen molar-refractivity contribution in [1.29, 1.82) is 0 Å². The van der Waals surface area contributed by atoms with Crippen molar-refractivity contribution < 1.29 is 13.2 Å². The van der Waals surface area contributed by atoms with E-state index in [1.165, 1.54) is 0 Å². The molecule has 0 aromatic heterocycles. The smallest absolute Gasteiger partial charge is 0.261 e. The van der Waals surface area contributed by atoms with Gasteiger partial charge in [0.2, 0.25) is 0 Å². The molecule has 3 aromatic rings. The number of anilines is 1. The summed E-state index contributed by atoms with van der Waals surface area (Å²) < 4.78 is 33.2. The van der Waals surface area contributed by atoms with Gasteiger partial charge in [0.15, 0.2) is 0 Å². The zero-order valence-electron chi connectivity index (χ0n) is 13.8. The third-order valence-corrected chi connectivity index (χ3v) is 5.06. The van der Waals surface area contributed by atoms with E-state index in [1.807, 2.05) is 43.3 Å². The number of rotatable bonds is 6.